The average molecular weight is 653 g/mol. The Morgan fingerprint density at radius 2 is 1.40 bits per heavy atom. The Labute approximate surface area is 295 Å². The maximum Gasteiger partial charge on any atom is 0.0545 e. The minimum atomic E-state index is -0.225. The molecule has 5 fully saturated rings. The quantitative estimate of drug-likeness (QED) is 0.263. The molecule has 0 aromatic heterocycles. The van der Waals surface area contributed by atoms with Gasteiger partial charge in [0.15, 0.2) is 0 Å². The summed E-state index contributed by atoms with van der Waals surface area (Å²) in [4.78, 5) is 0. The third-order valence-corrected chi connectivity index (χ3v) is 18.9. The van der Waals surface area contributed by atoms with E-state index in [9.17, 15) is 5.11 Å². The van der Waals surface area contributed by atoms with Gasteiger partial charge in [-0.2, -0.15) is 0 Å². The molecule has 15 unspecified atom stereocenters. The van der Waals surface area contributed by atoms with Gasteiger partial charge in [-0.05, 0) is 169 Å². The lowest BCUT2D eigenvalue weighted by Gasteiger charge is -2.75. The average Bonchev–Trinajstić information content (AvgIpc) is 3.00. The van der Waals surface area contributed by atoms with E-state index in [0.717, 1.165) is 59.2 Å². The summed E-state index contributed by atoms with van der Waals surface area (Å²) < 4.78 is 0. The molecule has 0 radical (unpaired) electrons. The summed E-state index contributed by atoms with van der Waals surface area (Å²) in [5, 5.41) is 11.3. The van der Waals surface area contributed by atoms with Crippen LogP contribution in [0, 0.1) is 111 Å². The summed E-state index contributed by atoms with van der Waals surface area (Å²) in [6, 6.07) is 0. The number of hydrogen-bond donors (Lipinski definition) is 1. The monoisotopic (exact) mass is 653 g/mol. The van der Waals surface area contributed by atoms with E-state index in [2.05, 4.69) is 96.9 Å². The highest BCUT2D eigenvalue weighted by atomic mass is 16.3. The van der Waals surface area contributed by atoms with E-state index in [1.54, 1.807) is 0 Å². The first-order chi connectivity index (χ1) is 22.0. The van der Waals surface area contributed by atoms with E-state index in [-0.39, 0.29) is 11.5 Å². The maximum atomic E-state index is 11.3. The van der Waals surface area contributed by atoms with Crippen LogP contribution in [0.25, 0.3) is 0 Å². The molecule has 5 saturated carbocycles. The Kier molecular flexibility index (Phi) is 11.5. The van der Waals surface area contributed by atoms with Gasteiger partial charge >= 0.3 is 0 Å². The minimum Gasteiger partial charge on any atom is -0.393 e. The van der Waals surface area contributed by atoms with E-state index in [1.165, 1.54) is 77.0 Å². The van der Waals surface area contributed by atoms with E-state index in [0.29, 0.717) is 46.3 Å². The molecule has 47 heavy (non-hydrogen) atoms. The first-order valence-corrected chi connectivity index (χ1v) is 21.7. The topological polar surface area (TPSA) is 20.2 Å². The number of rotatable bonds is 9. The van der Waals surface area contributed by atoms with Crippen LogP contribution in [0.2, 0.25) is 0 Å². The van der Waals surface area contributed by atoms with Crippen molar-refractivity contribution in [1.82, 2.24) is 0 Å². The summed E-state index contributed by atoms with van der Waals surface area (Å²) in [5.74, 6) is 12.6. The largest absolute Gasteiger partial charge is 0.393 e. The van der Waals surface area contributed by atoms with E-state index in [1.807, 2.05) is 0 Å². The van der Waals surface area contributed by atoms with Crippen molar-refractivity contribution in [2.24, 2.45) is 111 Å². The summed E-state index contributed by atoms with van der Waals surface area (Å²) in [5.41, 5.74) is 0.979. The molecule has 1 heteroatoms. The Balaban J connectivity index is 1.45. The molecule has 1 nitrogen and oxygen atoms in total. The van der Waals surface area contributed by atoms with Crippen molar-refractivity contribution in [3.8, 4) is 0 Å². The van der Waals surface area contributed by atoms with Crippen LogP contribution >= 0.6 is 0 Å². The molecular weight excluding hydrogens is 569 g/mol. The normalized spacial score (nSPS) is 52.2. The van der Waals surface area contributed by atoms with Crippen LogP contribution in [0.1, 0.15) is 174 Å². The highest BCUT2D eigenvalue weighted by molar-refractivity contribution is 5.19. The Hall–Kier alpha value is -0.0400. The summed E-state index contributed by atoms with van der Waals surface area (Å²) >= 11 is 0. The van der Waals surface area contributed by atoms with Gasteiger partial charge in [0, 0.05) is 0 Å². The first-order valence-electron chi connectivity index (χ1n) is 21.7. The third-order valence-electron chi connectivity index (χ3n) is 18.9. The van der Waals surface area contributed by atoms with Crippen LogP contribution in [0.3, 0.4) is 0 Å². The molecule has 17 atom stereocenters. The SMILES string of the molecule is CCCCC(C)C(C)C1CCC(C2CCC(CC)C3C(C)C4C(C)[C@@]5(C)C(C)C(C(C)O)C(C)[C@H](C(C)C)C5(C)CC4(C)CC23)CC1. The van der Waals surface area contributed by atoms with Crippen molar-refractivity contribution in [1.29, 1.82) is 0 Å². The van der Waals surface area contributed by atoms with E-state index in [4.69, 9.17) is 0 Å². The van der Waals surface area contributed by atoms with Gasteiger partial charge in [0.2, 0.25) is 0 Å². The second-order valence-corrected chi connectivity index (χ2v) is 20.9. The molecule has 5 rings (SSSR count). The number of unbranched alkanes of at least 4 members (excludes halogenated alkanes) is 1. The van der Waals surface area contributed by atoms with Crippen molar-refractivity contribution in [3.63, 3.8) is 0 Å². The smallest absolute Gasteiger partial charge is 0.0545 e. The van der Waals surface area contributed by atoms with Crippen LogP contribution in [-0.4, -0.2) is 11.2 Å². The number of fused-ring (bicyclic) bond motifs is 3. The molecule has 1 N–H and O–H groups in total. The predicted molar refractivity (Wildman–Crippen MR) is 204 cm³/mol. The maximum absolute atomic E-state index is 11.3. The highest BCUT2D eigenvalue weighted by Crippen LogP contribution is 2.77. The lowest BCUT2D eigenvalue weighted by molar-refractivity contribution is -0.279. The summed E-state index contributed by atoms with van der Waals surface area (Å²) in [6.07, 6.45) is 17.3. The van der Waals surface area contributed by atoms with Crippen molar-refractivity contribution < 1.29 is 5.11 Å². The fraction of sp³-hybridized carbons (Fsp3) is 1.00. The van der Waals surface area contributed by atoms with Crippen LogP contribution in [-0.2, 0) is 0 Å². The molecule has 5 aliphatic carbocycles. The molecule has 5 aliphatic rings. The zero-order valence-corrected chi connectivity index (χ0v) is 34.2. The molecule has 0 heterocycles. The lowest BCUT2D eigenvalue weighted by atomic mass is 9.29. The first kappa shape index (κ1) is 38.2. The fourth-order valence-corrected chi connectivity index (χ4v) is 17.0. The zero-order chi connectivity index (χ0) is 34.8. The molecular formula is C46H84O. The van der Waals surface area contributed by atoms with Crippen LogP contribution in [0.15, 0.2) is 0 Å². The Morgan fingerprint density at radius 3 is 1.96 bits per heavy atom. The lowest BCUT2D eigenvalue weighted by Crippen LogP contribution is -2.70. The molecule has 0 aliphatic heterocycles. The zero-order valence-electron chi connectivity index (χ0n) is 34.2. The molecule has 0 amide bonds. The number of hydrogen-bond acceptors (Lipinski definition) is 1. The van der Waals surface area contributed by atoms with Gasteiger partial charge in [-0.3, -0.25) is 0 Å². The molecule has 274 valence electrons. The van der Waals surface area contributed by atoms with Gasteiger partial charge < -0.3 is 5.11 Å². The minimum absolute atomic E-state index is 0.225. The molecule has 0 spiro atoms. The summed E-state index contributed by atoms with van der Waals surface area (Å²) in [6.45, 7) is 36.1. The third kappa shape index (κ3) is 6.07. The second-order valence-electron chi connectivity index (χ2n) is 20.9. The van der Waals surface area contributed by atoms with Crippen LogP contribution in [0.5, 0.6) is 0 Å². The number of aliphatic hydroxyl groups is 1. The van der Waals surface area contributed by atoms with Gasteiger partial charge in [-0.25, -0.2) is 0 Å². The van der Waals surface area contributed by atoms with Gasteiger partial charge in [-0.1, -0.05) is 116 Å². The van der Waals surface area contributed by atoms with Gasteiger partial charge in [0.05, 0.1) is 6.10 Å². The van der Waals surface area contributed by atoms with Gasteiger partial charge in [0.1, 0.15) is 0 Å². The van der Waals surface area contributed by atoms with Gasteiger partial charge in [0.25, 0.3) is 0 Å². The van der Waals surface area contributed by atoms with E-state index >= 15 is 0 Å². The molecule has 0 aromatic carbocycles. The van der Waals surface area contributed by atoms with Crippen LogP contribution < -0.4 is 0 Å². The van der Waals surface area contributed by atoms with Crippen molar-refractivity contribution in [2.75, 3.05) is 0 Å². The number of aliphatic hydroxyl groups excluding tert-OH is 1. The fourth-order valence-electron chi connectivity index (χ4n) is 17.0. The standard InChI is InChI=1S/C46H84O/c1-15-17-18-28(5)29(6)36-19-21-37(22-20-36)38-24-23-35(16-2)41-31(8)43-33(10)46(14)32(9)40(34(11)47)30(7)42(27(3)4)45(46,13)26-44(43,12)25-39(38)41/h27-43,47H,15-26H2,1-14H3/t28?,29?,30?,31?,32?,33?,34?,35?,36?,37?,38?,39?,40?,41?,42-,43?,44?,45?,46+/m0/s1. The predicted octanol–water partition coefficient (Wildman–Crippen LogP) is 13.2. The Morgan fingerprint density at radius 1 is 0.766 bits per heavy atom. The second kappa shape index (κ2) is 14.2. The molecule has 0 bridgehead atoms. The van der Waals surface area contributed by atoms with E-state index < -0.39 is 0 Å². The van der Waals surface area contributed by atoms with Crippen LogP contribution in [0.4, 0.5) is 0 Å². The Bertz CT molecular complexity index is 1020. The molecule has 0 aromatic rings. The van der Waals surface area contributed by atoms with Crippen molar-refractivity contribution in [3.05, 3.63) is 0 Å². The molecule has 0 saturated heterocycles. The van der Waals surface area contributed by atoms with Crippen molar-refractivity contribution >= 4 is 0 Å². The van der Waals surface area contributed by atoms with Gasteiger partial charge in [-0.15, -0.1) is 0 Å². The highest BCUT2D eigenvalue weighted by Gasteiger charge is 2.71. The van der Waals surface area contributed by atoms with Crippen molar-refractivity contribution in [2.45, 2.75) is 180 Å². The summed E-state index contributed by atoms with van der Waals surface area (Å²) in [7, 11) is 0.